The first-order valence-electron chi connectivity index (χ1n) is 5.81. The van der Waals surface area contributed by atoms with Gasteiger partial charge in [-0.3, -0.25) is 0 Å². The monoisotopic (exact) mass is 237 g/mol. The van der Waals surface area contributed by atoms with Crippen LogP contribution in [0.25, 0.3) is 0 Å². The predicted octanol–water partition coefficient (Wildman–Crippen LogP) is 0.952. The number of nitrogen functional groups attached to an aromatic ring is 1. The molecule has 3 N–H and O–H groups in total. The lowest BCUT2D eigenvalue weighted by molar-refractivity contribution is 0.195. The van der Waals surface area contributed by atoms with Crippen LogP contribution in [0.1, 0.15) is 33.0 Å². The van der Waals surface area contributed by atoms with Crippen molar-refractivity contribution in [1.29, 1.82) is 0 Å². The number of hydrogen-bond acceptors (Lipinski definition) is 6. The average Bonchev–Trinajstić information content (AvgIpc) is 2.68. The summed E-state index contributed by atoms with van der Waals surface area (Å²) in [5, 5.41) is 3.23. The molecular formula is C11H19N5O. The lowest BCUT2D eigenvalue weighted by Gasteiger charge is -2.18. The van der Waals surface area contributed by atoms with Gasteiger partial charge in [0.05, 0.1) is 12.6 Å². The van der Waals surface area contributed by atoms with E-state index in [4.69, 9.17) is 10.5 Å². The van der Waals surface area contributed by atoms with E-state index in [2.05, 4.69) is 20.3 Å². The van der Waals surface area contributed by atoms with Gasteiger partial charge in [0.2, 0.25) is 11.9 Å². The molecule has 2 rings (SSSR count). The van der Waals surface area contributed by atoms with E-state index in [1.807, 2.05) is 20.8 Å². The van der Waals surface area contributed by atoms with Crippen LogP contribution in [0, 0.1) is 0 Å². The molecule has 1 unspecified atom stereocenters. The lowest BCUT2D eigenvalue weighted by Crippen LogP contribution is -2.24. The summed E-state index contributed by atoms with van der Waals surface area (Å²) in [6.45, 7) is 7.61. The van der Waals surface area contributed by atoms with E-state index < -0.39 is 0 Å². The van der Waals surface area contributed by atoms with Crippen molar-refractivity contribution in [3.63, 3.8) is 0 Å². The highest BCUT2D eigenvalue weighted by Gasteiger charge is 2.21. The Balaban J connectivity index is 2.19. The normalized spacial score (nSPS) is 20.5. The summed E-state index contributed by atoms with van der Waals surface area (Å²) in [5.74, 6) is 1.50. The third-order valence-electron chi connectivity index (χ3n) is 2.59. The fraction of sp³-hybridized carbons (Fsp3) is 0.727. The number of ether oxygens (including phenoxy) is 1. The van der Waals surface area contributed by atoms with Crippen LogP contribution in [-0.2, 0) is 10.2 Å². The van der Waals surface area contributed by atoms with E-state index in [-0.39, 0.29) is 17.4 Å². The summed E-state index contributed by atoms with van der Waals surface area (Å²) in [7, 11) is 0. The number of rotatable bonds is 2. The highest BCUT2D eigenvalue weighted by Crippen LogP contribution is 2.20. The maximum atomic E-state index is 5.70. The number of nitrogens with zero attached hydrogens (tertiary/aromatic N) is 3. The second-order valence-corrected chi connectivity index (χ2v) is 5.30. The summed E-state index contributed by atoms with van der Waals surface area (Å²) >= 11 is 0. The van der Waals surface area contributed by atoms with E-state index in [1.165, 1.54) is 0 Å². The number of hydrogen-bond donors (Lipinski definition) is 2. The van der Waals surface area contributed by atoms with E-state index >= 15 is 0 Å². The van der Waals surface area contributed by atoms with Gasteiger partial charge in [-0.2, -0.15) is 15.0 Å². The van der Waals surface area contributed by atoms with Gasteiger partial charge in [-0.25, -0.2) is 0 Å². The predicted molar refractivity (Wildman–Crippen MR) is 65.8 cm³/mol. The SMILES string of the molecule is CC(C)(C)c1nc(N)nc(NC2CCOC2)n1. The molecule has 1 saturated heterocycles. The molecule has 0 aliphatic carbocycles. The topological polar surface area (TPSA) is 86.0 Å². The molecule has 1 aliphatic heterocycles. The van der Waals surface area contributed by atoms with Gasteiger partial charge >= 0.3 is 0 Å². The molecule has 1 aromatic rings. The maximum absolute atomic E-state index is 5.70. The number of aromatic nitrogens is 3. The fourth-order valence-corrected chi connectivity index (χ4v) is 1.62. The standard InChI is InChI=1S/C11H19N5O/c1-11(2,3)8-14-9(12)16-10(15-8)13-7-4-5-17-6-7/h7H,4-6H2,1-3H3,(H3,12,13,14,15,16). The van der Waals surface area contributed by atoms with Crippen LogP contribution >= 0.6 is 0 Å². The first kappa shape index (κ1) is 12.0. The quantitative estimate of drug-likeness (QED) is 0.796. The summed E-state index contributed by atoms with van der Waals surface area (Å²) in [6.07, 6.45) is 0.969. The molecule has 2 heterocycles. The molecular weight excluding hydrogens is 218 g/mol. The van der Waals surface area contributed by atoms with Gasteiger partial charge in [-0.1, -0.05) is 20.8 Å². The molecule has 94 valence electrons. The van der Waals surface area contributed by atoms with Gasteiger partial charge in [0.25, 0.3) is 0 Å². The summed E-state index contributed by atoms with van der Waals surface area (Å²) in [6, 6.07) is 0.268. The molecule has 0 bridgehead atoms. The summed E-state index contributed by atoms with van der Waals surface area (Å²) in [5.41, 5.74) is 5.56. The molecule has 6 nitrogen and oxygen atoms in total. The van der Waals surface area contributed by atoms with Gasteiger partial charge in [-0.15, -0.1) is 0 Å². The zero-order chi connectivity index (χ0) is 12.5. The minimum absolute atomic E-state index is 0.139. The van der Waals surface area contributed by atoms with E-state index in [1.54, 1.807) is 0 Å². The smallest absolute Gasteiger partial charge is 0.228 e. The number of nitrogens with two attached hydrogens (primary N) is 1. The zero-order valence-electron chi connectivity index (χ0n) is 10.5. The van der Waals surface area contributed by atoms with Gasteiger partial charge in [0.15, 0.2) is 0 Å². The van der Waals surface area contributed by atoms with Crippen molar-refractivity contribution < 1.29 is 4.74 Å². The van der Waals surface area contributed by atoms with E-state index in [9.17, 15) is 0 Å². The van der Waals surface area contributed by atoms with Crippen LogP contribution in [0.3, 0.4) is 0 Å². The van der Waals surface area contributed by atoms with Gasteiger partial charge in [0, 0.05) is 12.0 Å². The minimum Gasteiger partial charge on any atom is -0.379 e. The molecule has 0 spiro atoms. The third-order valence-corrected chi connectivity index (χ3v) is 2.59. The van der Waals surface area contributed by atoms with Crippen molar-refractivity contribution in [1.82, 2.24) is 15.0 Å². The van der Waals surface area contributed by atoms with Crippen LogP contribution in [0.4, 0.5) is 11.9 Å². The number of nitrogens with one attached hydrogen (secondary N) is 1. The summed E-state index contributed by atoms with van der Waals surface area (Å²) < 4.78 is 5.29. The Hall–Kier alpha value is -1.43. The Labute approximate surface area is 101 Å². The van der Waals surface area contributed by atoms with Gasteiger partial charge in [0.1, 0.15) is 5.82 Å². The van der Waals surface area contributed by atoms with E-state index in [0.29, 0.717) is 18.4 Å². The van der Waals surface area contributed by atoms with Crippen molar-refractivity contribution in [2.24, 2.45) is 0 Å². The lowest BCUT2D eigenvalue weighted by atomic mass is 9.96. The molecule has 17 heavy (non-hydrogen) atoms. The molecule has 1 atom stereocenters. The van der Waals surface area contributed by atoms with Crippen LogP contribution in [0.5, 0.6) is 0 Å². The van der Waals surface area contributed by atoms with Crippen molar-refractivity contribution in [3.05, 3.63) is 5.82 Å². The van der Waals surface area contributed by atoms with E-state index in [0.717, 1.165) is 13.0 Å². The minimum atomic E-state index is -0.139. The molecule has 1 aliphatic rings. The van der Waals surface area contributed by atoms with Crippen molar-refractivity contribution in [3.8, 4) is 0 Å². The largest absolute Gasteiger partial charge is 0.379 e. The third kappa shape index (κ3) is 3.03. The fourth-order valence-electron chi connectivity index (χ4n) is 1.62. The molecule has 0 saturated carbocycles. The van der Waals surface area contributed by atoms with Gasteiger partial charge in [-0.05, 0) is 6.42 Å². The Morgan fingerprint density at radius 2 is 2.06 bits per heavy atom. The maximum Gasteiger partial charge on any atom is 0.228 e. The molecule has 1 aromatic heterocycles. The van der Waals surface area contributed by atoms with Gasteiger partial charge < -0.3 is 15.8 Å². The Kier molecular flexibility index (Phi) is 3.15. The molecule has 0 radical (unpaired) electrons. The Morgan fingerprint density at radius 1 is 1.29 bits per heavy atom. The first-order valence-corrected chi connectivity index (χ1v) is 5.81. The second kappa shape index (κ2) is 4.44. The van der Waals surface area contributed by atoms with Crippen molar-refractivity contribution >= 4 is 11.9 Å². The molecule has 0 aromatic carbocycles. The van der Waals surface area contributed by atoms with Crippen molar-refractivity contribution in [2.45, 2.75) is 38.6 Å². The molecule has 6 heteroatoms. The number of anilines is 2. The van der Waals surface area contributed by atoms with Crippen molar-refractivity contribution in [2.75, 3.05) is 24.3 Å². The van der Waals surface area contributed by atoms with Crippen LogP contribution in [0.2, 0.25) is 0 Å². The summed E-state index contributed by atoms with van der Waals surface area (Å²) in [4.78, 5) is 12.7. The van der Waals surface area contributed by atoms with Crippen LogP contribution in [-0.4, -0.2) is 34.2 Å². The molecule has 0 amide bonds. The highest BCUT2D eigenvalue weighted by molar-refractivity contribution is 5.33. The highest BCUT2D eigenvalue weighted by atomic mass is 16.5. The van der Waals surface area contributed by atoms with Crippen LogP contribution < -0.4 is 11.1 Å². The Morgan fingerprint density at radius 3 is 2.65 bits per heavy atom. The molecule has 1 fully saturated rings. The average molecular weight is 237 g/mol. The Bertz CT molecular complexity index is 395. The van der Waals surface area contributed by atoms with Crippen LogP contribution in [0.15, 0.2) is 0 Å². The first-order chi connectivity index (χ1) is 7.95. The zero-order valence-corrected chi connectivity index (χ0v) is 10.5. The second-order valence-electron chi connectivity index (χ2n) is 5.30.